The maximum absolute atomic E-state index is 5.59. The lowest BCUT2D eigenvalue weighted by molar-refractivity contribution is 0.0402. The SMILES string of the molecule is COc1cccc2c1CC[C@H]1C(C)(C)CCC[C@]21C. The van der Waals surface area contributed by atoms with Crippen LogP contribution in [0.3, 0.4) is 0 Å². The second-order valence-electron chi connectivity index (χ2n) is 7.34. The summed E-state index contributed by atoms with van der Waals surface area (Å²) < 4.78 is 5.59. The zero-order valence-corrected chi connectivity index (χ0v) is 12.8. The molecule has 0 radical (unpaired) electrons. The van der Waals surface area contributed by atoms with E-state index in [4.69, 9.17) is 4.74 Å². The molecule has 2 aliphatic carbocycles. The Bertz CT molecular complexity index is 488. The first-order chi connectivity index (χ1) is 8.99. The molecule has 1 nitrogen and oxygen atoms in total. The molecule has 19 heavy (non-hydrogen) atoms. The Balaban J connectivity index is 2.13. The lowest BCUT2D eigenvalue weighted by Gasteiger charge is -2.54. The minimum atomic E-state index is 0.351. The van der Waals surface area contributed by atoms with Gasteiger partial charge in [-0.05, 0) is 59.6 Å². The molecule has 1 heteroatoms. The lowest BCUT2D eigenvalue weighted by atomic mass is 9.50. The minimum absolute atomic E-state index is 0.351. The van der Waals surface area contributed by atoms with Crippen molar-refractivity contribution >= 4 is 0 Å². The monoisotopic (exact) mass is 258 g/mol. The predicted octanol–water partition coefficient (Wildman–Crippen LogP) is 4.73. The van der Waals surface area contributed by atoms with Gasteiger partial charge in [-0.3, -0.25) is 0 Å². The Morgan fingerprint density at radius 1 is 1.16 bits per heavy atom. The van der Waals surface area contributed by atoms with Crippen molar-refractivity contribution in [3.05, 3.63) is 29.3 Å². The van der Waals surface area contributed by atoms with E-state index in [1.54, 1.807) is 12.7 Å². The third-order valence-electron chi connectivity index (χ3n) is 5.88. The first kappa shape index (κ1) is 13.0. The molecule has 0 spiro atoms. The molecular formula is C18H26O. The van der Waals surface area contributed by atoms with E-state index in [9.17, 15) is 0 Å². The highest BCUT2D eigenvalue weighted by Gasteiger charge is 2.49. The number of fused-ring (bicyclic) bond motifs is 3. The number of ether oxygens (including phenoxy) is 1. The highest BCUT2D eigenvalue weighted by Crippen LogP contribution is 2.57. The Hall–Kier alpha value is -0.980. The standard InChI is InChI=1S/C18H26O/c1-17(2)11-6-12-18(3)14-7-5-8-15(19-4)13(14)9-10-16(17)18/h5,7-8,16H,6,9-12H2,1-4H3/t16-,18+/m0/s1. The van der Waals surface area contributed by atoms with Crippen molar-refractivity contribution in [3.63, 3.8) is 0 Å². The molecule has 0 aliphatic heterocycles. The van der Waals surface area contributed by atoms with Crippen molar-refractivity contribution in [1.82, 2.24) is 0 Å². The zero-order valence-electron chi connectivity index (χ0n) is 12.8. The summed E-state index contributed by atoms with van der Waals surface area (Å²) in [5.41, 5.74) is 3.87. The van der Waals surface area contributed by atoms with Crippen LogP contribution in [-0.2, 0) is 11.8 Å². The molecule has 0 unspecified atom stereocenters. The van der Waals surface area contributed by atoms with E-state index < -0.39 is 0 Å². The fraction of sp³-hybridized carbons (Fsp3) is 0.667. The van der Waals surface area contributed by atoms with Gasteiger partial charge in [-0.2, -0.15) is 0 Å². The average Bonchev–Trinajstić information content (AvgIpc) is 2.37. The van der Waals surface area contributed by atoms with Gasteiger partial charge in [0.15, 0.2) is 0 Å². The molecule has 0 bridgehead atoms. The summed E-state index contributed by atoms with van der Waals surface area (Å²) in [5.74, 6) is 1.91. The molecule has 0 N–H and O–H groups in total. The van der Waals surface area contributed by atoms with Crippen LogP contribution in [-0.4, -0.2) is 7.11 Å². The molecule has 0 aromatic heterocycles. The zero-order chi connectivity index (χ0) is 13.7. The summed E-state index contributed by atoms with van der Waals surface area (Å²) in [7, 11) is 1.80. The van der Waals surface area contributed by atoms with Crippen molar-refractivity contribution in [2.24, 2.45) is 11.3 Å². The van der Waals surface area contributed by atoms with Gasteiger partial charge in [0.25, 0.3) is 0 Å². The van der Waals surface area contributed by atoms with E-state index in [0.717, 1.165) is 11.7 Å². The first-order valence-corrected chi connectivity index (χ1v) is 7.65. The van der Waals surface area contributed by atoms with Gasteiger partial charge in [-0.25, -0.2) is 0 Å². The van der Waals surface area contributed by atoms with Crippen LogP contribution in [0.1, 0.15) is 57.6 Å². The van der Waals surface area contributed by atoms with Gasteiger partial charge in [0.1, 0.15) is 5.75 Å². The van der Waals surface area contributed by atoms with Crippen LogP contribution < -0.4 is 4.74 Å². The van der Waals surface area contributed by atoms with Crippen LogP contribution >= 0.6 is 0 Å². The second kappa shape index (κ2) is 4.26. The molecule has 1 saturated carbocycles. The van der Waals surface area contributed by atoms with E-state index in [1.807, 2.05) is 0 Å². The van der Waals surface area contributed by atoms with E-state index in [0.29, 0.717) is 10.8 Å². The van der Waals surface area contributed by atoms with Gasteiger partial charge in [0.05, 0.1) is 7.11 Å². The predicted molar refractivity (Wildman–Crippen MR) is 79.8 cm³/mol. The van der Waals surface area contributed by atoms with Crippen molar-refractivity contribution < 1.29 is 4.74 Å². The van der Waals surface area contributed by atoms with Crippen LogP contribution in [0.5, 0.6) is 5.75 Å². The van der Waals surface area contributed by atoms with Crippen molar-refractivity contribution in [2.75, 3.05) is 7.11 Å². The molecule has 2 aliphatic rings. The molecule has 0 heterocycles. The highest BCUT2D eigenvalue weighted by atomic mass is 16.5. The largest absolute Gasteiger partial charge is 0.496 e. The van der Waals surface area contributed by atoms with E-state index in [1.165, 1.54) is 37.7 Å². The summed E-state index contributed by atoms with van der Waals surface area (Å²) in [4.78, 5) is 0. The van der Waals surface area contributed by atoms with Gasteiger partial charge >= 0.3 is 0 Å². The molecular weight excluding hydrogens is 232 g/mol. The van der Waals surface area contributed by atoms with Crippen LogP contribution in [0, 0.1) is 11.3 Å². The van der Waals surface area contributed by atoms with Crippen LogP contribution in [0.2, 0.25) is 0 Å². The van der Waals surface area contributed by atoms with Gasteiger partial charge < -0.3 is 4.74 Å². The Morgan fingerprint density at radius 2 is 1.95 bits per heavy atom. The molecule has 1 aromatic carbocycles. The summed E-state index contributed by atoms with van der Waals surface area (Å²) in [6.45, 7) is 7.44. The van der Waals surface area contributed by atoms with E-state index in [-0.39, 0.29) is 0 Å². The lowest BCUT2D eigenvalue weighted by Crippen LogP contribution is -2.47. The summed E-state index contributed by atoms with van der Waals surface area (Å²) in [6.07, 6.45) is 6.57. The number of hydrogen-bond donors (Lipinski definition) is 0. The maximum atomic E-state index is 5.59. The smallest absolute Gasteiger partial charge is 0.122 e. The van der Waals surface area contributed by atoms with Gasteiger partial charge in [-0.1, -0.05) is 39.3 Å². The summed E-state index contributed by atoms with van der Waals surface area (Å²) >= 11 is 0. The van der Waals surface area contributed by atoms with Crippen LogP contribution in [0.4, 0.5) is 0 Å². The molecule has 1 fully saturated rings. The third kappa shape index (κ3) is 1.81. The topological polar surface area (TPSA) is 9.23 Å². The van der Waals surface area contributed by atoms with Crippen LogP contribution in [0.15, 0.2) is 18.2 Å². The Morgan fingerprint density at radius 3 is 2.68 bits per heavy atom. The number of methoxy groups -OCH3 is 1. The third-order valence-corrected chi connectivity index (χ3v) is 5.88. The molecule has 3 rings (SSSR count). The molecule has 0 saturated heterocycles. The first-order valence-electron chi connectivity index (χ1n) is 7.65. The fourth-order valence-electron chi connectivity index (χ4n) is 4.99. The highest BCUT2D eigenvalue weighted by molar-refractivity contribution is 5.47. The van der Waals surface area contributed by atoms with Crippen molar-refractivity contribution in [1.29, 1.82) is 0 Å². The van der Waals surface area contributed by atoms with Crippen molar-refractivity contribution in [3.8, 4) is 5.75 Å². The van der Waals surface area contributed by atoms with Gasteiger partial charge in [0.2, 0.25) is 0 Å². The molecule has 0 amide bonds. The van der Waals surface area contributed by atoms with Gasteiger partial charge in [0, 0.05) is 0 Å². The van der Waals surface area contributed by atoms with Crippen LogP contribution in [0.25, 0.3) is 0 Å². The molecule has 104 valence electrons. The second-order valence-corrected chi connectivity index (χ2v) is 7.34. The molecule has 2 atom stereocenters. The van der Waals surface area contributed by atoms with Crippen molar-refractivity contribution in [2.45, 2.75) is 58.3 Å². The molecule has 1 aromatic rings. The fourth-order valence-corrected chi connectivity index (χ4v) is 4.99. The number of benzene rings is 1. The normalized spacial score (nSPS) is 32.3. The maximum Gasteiger partial charge on any atom is 0.122 e. The minimum Gasteiger partial charge on any atom is -0.496 e. The van der Waals surface area contributed by atoms with E-state index >= 15 is 0 Å². The number of hydrogen-bond acceptors (Lipinski definition) is 1. The van der Waals surface area contributed by atoms with E-state index in [2.05, 4.69) is 39.0 Å². The quantitative estimate of drug-likeness (QED) is 0.708. The average molecular weight is 258 g/mol. The Labute approximate surface area is 117 Å². The summed E-state index contributed by atoms with van der Waals surface area (Å²) in [6, 6.07) is 6.65. The number of rotatable bonds is 1. The van der Waals surface area contributed by atoms with Gasteiger partial charge in [-0.15, -0.1) is 0 Å². The summed E-state index contributed by atoms with van der Waals surface area (Å²) in [5, 5.41) is 0. The Kier molecular flexibility index (Phi) is 2.92.